The van der Waals surface area contributed by atoms with Gasteiger partial charge in [0.1, 0.15) is 5.60 Å². The fraction of sp³-hybridized carbons (Fsp3) is 0.280. The molecule has 1 N–H and O–H groups in total. The lowest BCUT2D eigenvalue weighted by Gasteiger charge is -2.42. The second-order valence-corrected chi connectivity index (χ2v) is 9.93. The van der Waals surface area contributed by atoms with Gasteiger partial charge in [0.2, 0.25) is 10.0 Å². The first-order valence-corrected chi connectivity index (χ1v) is 11.8. The van der Waals surface area contributed by atoms with Crippen molar-refractivity contribution in [1.82, 2.24) is 4.31 Å². The molecule has 4 nitrogen and oxygen atoms in total. The molecular weight excluding hydrogens is 394 g/mol. The van der Waals surface area contributed by atoms with Crippen LogP contribution in [0.25, 0.3) is 0 Å². The molecule has 4 rings (SSSR count). The van der Waals surface area contributed by atoms with Gasteiger partial charge in [-0.3, -0.25) is 0 Å². The number of aliphatic hydroxyl groups is 1. The Kier molecular flexibility index (Phi) is 5.78. The second-order valence-electron chi connectivity index (χ2n) is 7.99. The zero-order valence-electron chi connectivity index (χ0n) is 17.1. The number of benzene rings is 3. The zero-order chi connectivity index (χ0) is 21.2. The van der Waals surface area contributed by atoms with Crippen LogP contribution < -0.4 is 0 Å². The smallest absolute Gasteiger partial charge is 0.243 e. The van der Waals surface area contributed by atoms with Crippen LogP contribution in [0.15, 0.2) is 89.8 Å². The van der Waals surface area contributed by atoms with Crippen LogP contribution in [0.2, 0.25) is 0 Å². The average Bonchev–Trinajstić information content (AvgIpc) is 2.80. The highest BCUT2D eigenvalue weighted by Gasteiger charge is 2.43. The lowest BCUT2D eigenvalue weighted by molar-refractivity contribution is -0.00530. The Balaban J connectivity index is 1.60. The summed E-state index contributed by atoms with van der Waals surface area (Å²) >= 11 is 0. The van der Waals surface area contributed by atoms with Crippen molar-refractivity contribution in [1.29, 1.82) is 0 Å². The molecule has 1 aliphatic rings. The second kappa shape index (κ2) is 8.34. The molecule has 0 aliphatic carbocycles. The third-order valence-electron chi connectivity index (χ3n) is 6.13. The number of hydrogen-bond acceptors (Lipinski definition) is 3. The summed E-state index contributed by atoms with van der Waals surface area (Å²) in [6, 6.07) is 26.4. The van der Waals surface area contributed by atoms with Crippen LogP contribution in [0.3, 0.4) is 0 Å². The fourth-order valence-electron chi connectivity index (χ4n) is 4.40. The maximum atomic E-state index is 13.1. The van der Waals surface area contributed by atoms with Crippen LogP contribution in [-0.2, 0) is 15.6 Å². The fourth-order valence-corrected chi connectivity index (χ4v) is 5.87. The lowest BCUT2D eigenvalue weighted by atomic mass is 9.72. The summed E-state index contributed by atoms with van der Waals surface area (Å²) in [7, 11) is -3.53. The summed E-state index contributed by atoms with van der Waals surface area (Å²) in [5.41, 5.74) is 1.57. The zero-order valence-corrected chi connectivity index (χ0v) is 17.9. The van der Waals surface area contributed by atoms with Gasteiger partial charge in [0.05, 0.1) is 4.90 Å². The Bertz CT molecular complexity index is 1030. The van der Waals surface area contributed by atoms with E-state index in [0.717, 1.165) is 16.7 Å². The molecule has 0 bridgehead atoms. The SMILES string of the molecule is Cc1ccc(S(=O)(=O)N2CCC(C(O)(c3ccccc3)c3ccccc3)CC2)cc1. The van der Waals surface area contributed by atoms with Crippen LogP contribution in [0, 0.1) is 12.8 Å². The van der Waals surface area contributed by atoms with E-state index < -0.39 is 15.6 Å². The molecule has 1 heterocycles. The molecule has 156 valence electrons. The summed E-state index contributed by atoms with van der Waals surface area (Å²) in [6.45, 7) is 2.72. The Labute approximate surface area is 178 Å². The quantitative estimate of drug-likeness (QED) is 0.667. The molecule has 1 saturated heterocycles. The molecule has 5 heteroatoms. The van der Waals surface area contributed by atoms with Crippen molar-refractivity contribution in [3.8, 4) is 0 Å². The minimum atomic E-state index is -3.53. The number of hydrogen-bond donors (Lipinski definition) is 1. The maximum Gasteiger partial charge on any atom is 0.243 e. The van der Waals surface area contributed by atoms with Crippen LogP contribution in [0.5, 0.6) is 0 Å². The summed E-state index contributed by atoms with van der Waals surface area (Å²) < 4.78 is 27.7. The van der Waals surface area contributed by atoms with Gasteiger partial charge in [-0.15, -0.1) is 0 Å². The van der Waals surface area contributed by atoms with Crippen LogP contribution >= 0.6 is 0 Å². The van der Waals surface area contributed by atoms with Gasteiger partial charge in [-0.25, -0.2) is 8.42 Å². The maximum absolute atomic E-state index is 13.1. The van der Waals surface area contributed by atoms with E-state index in [1.807, 2.05) is 79.7 Å². The molecular formula is C25H27NO3S. The predicted molar refractivity (Wildman–Crippen MR) is 119 cm³/mol. The van der Waals surface area contributed by atoms with Gasteiger partial charge in [-0.05, 0) is 48.9 Å². The summed E-state index contributed by atoms with van der Waals surface area (Å²) in [6.07, 6.45) is 1.18. The van der Waals surface area contributed by atoms with E-state index in [-0.39, 0.29) is 5.92 Å². The summed E-state index contributed by atoms with van der Waals surface area (Å²) in [5, 5.41) is 11.9. The largest absolute Gasteiger partial charge is 0.380 e. The van der Waals surface area contributed by atoms with Crippen molar-refractivity contribution in [3.05, 3.63) is 102 Å². The lowest BCUT2D eigenvalue weighted by Crippen LogP contribution is -2.46. The molecule has 3 aromatic rings. The van der Waals surface area contributed by atoms with E-state index in [1.165, 1.54) is 0 Å². The molecule has 0 aromatic heterocycles. The van der Waals surface area contributed by atoms with Crippen molar-refractivity contribution in [2.75, 3.05) is 13.1 Å². The first-order chi connectivity index (χ1) is 14.4. The van der Waals surface area contributed by atoms with Crippen LogP contribution in [-0.4, -0.2) is 30.9 Å². The van der Waals surface area contributed by atoms with E-state index in [1.54, 1.807) is 16.4 Å². The number of aryl methyl sites for hydroxylation is 1. The Morgan fingerprint density at radius 3 is 1.73 bits per heavy atom. The molecule has 1 fully saturated rings. The van der Waals surface area contributed by atoms with E-state index in [2.05, 4.69) is 0 Å². The molecule has 30 heavy (non-hydrogen) atoms. The molecule has 0 saturated carbocycles. The standard InChI is InChI=1S/C25H27NO3S/c1-20-12-14-24(15-13-20)30(28,29)26-18-16-23(17-19-26)25(27,21-8-4-2-5-9-21)22-10-6-3-7-11-22/h2-15,23,27H,16-19H2,1H3. The number of sulfonamides is 1. The van der Waals surface area contributed by atoms with E-state index in [4.69, 9.17) is 0 Å². The van der Waals surface area contributed by atoms with Gasteiger partial charge in [-0.1, -0.05) is 78.4 Å². The number of piperidine rings is 1. The highest BCUT2D eigenvalue weighted by atomic mass is 32.2. The minimum absolute atomic E-state index is 0.0771. The first kappa shape index (κ1) is 20.8. The van der Waals surface area contributed by atoms with Gasteiger partial charge in [0.25, 0.3) is 0 Å². The highest BCUT2D eigenvalue weighted by molar-refractivity contribution is 7.89. The van der Waals surface area contributed by atoms with Crippen LogP contribution in [0.4, 0.5) is 0 Å². The predicted octanol–water partition coefficient (Wildman–Crippen LogP) is 4.33. The Morgan fingerprint density at radius 2 is 1.27 bits per heavy atom. The topological polar surface area (TPSA) is 57.6 Å². The average molecular weight is 422 g/mol. The third-order valence-corrected chi connectivity index (χ3v) is 8.04. The van der Waals surface area contributed by atoms with Gasteiger partial charge >= 0.3 is 0 Å². The van der Waals surface area contributed by atoms with Gasteiger partial charge < -0.3 is 5.11 Å². The van der Waals surface area contributed by atoms with E-state index in [0.29, 0.717) is 30.8 Å². The Morgan fingerprint density at radius 1 is 0.800 bits per heavy atom. The molecule has 0 radical (unpaired) electrons. The molecule has 0 atom stereocenters. The van der Waals surface area contributed by atoms with Crippen molar-refractivity contribution >= 4 is 10.0 Å². The normalized spacial score (nSPS) is 16.5. The van der Waals surface area contributed by atoms with E-state index >= 15 is 0 Å². The molecule has 0 spiro atoms. The number of rotatable bonds is 5. The first-order valence-electron chi connectivity index (χ1n) is 10.3. The van der Waals surface area contributed by atoms with E-state index in [9.17, 15) is 13.5 Å². The van der Waals surface area contributed by atoms with Crippen molar-refractivity contribution in [2.45, 2.75) is 30.3 Å². The molecule has 1 aliphatic heterocycles. The van der Waals surface area contributed by atoms with Gasteiger partial charge in [-0.2, -0.15) is 4.31 Å². The number of nitrogens with zero attached hydrogens (tertiary/aromatic N) is 1. The summed E-state index contributed by atoms with van der Waals surface area (Å²) in [5.74, 6) is -0.0771. The monoisotopic (exact) mass is 421 g/mol. The van der Waals surface area contributed by atoms with Gasteiger partial charge in [0, 0.05) is 13.1 Å². The van der Waals surface area contributed by atoms with Crippen molar-refractivity contribution in [2.24, 2.45) is 5.92 Å². The third kappa shape index (κ3) is 3.81. The van der Waals surface area contributed by atoms with Crippen LogP contribution in [0.1, 0.15) is 29.5 Å². The van der Waals surface area contributed by atoms with Gasteiger partial charge in [0.15, 0.2) is 0 Å². The van der Waals surface area contributed by atoms with Crippen molar-refractivity contribution in [3.63, 3.8) is 0 Å². The molecule has 3 aromatic carbocycles. The minimum Gasteiger partial charge on any atom is -0.380 e. The van der Waals surface area contributed by atoms with Crippen molar-refractivity contribution < 1.29 is 13.5 Å². The summed E-state index contributed by atoms with van der Waals surface area (Å²) in [4.78, 5) is 0.327. The molecule has 0 amide bonds. The molecule has 0 unspecified atom stereocenters. The highest BCUT2D eigenvalue weighted by Crippen LogP contribution is 2.42. The Hall–Kier alpha value is -2.47.